The van der Waals surface area contributed by atoms with E-state index in [1.807, 2.05) is 0 Å². The van der Waals surface area contributed by atoms with Crippen LogP contribution >= 0.6 is 15.9 Å². The first kappa shape index (κ1) is 21.3. The fourth-order valence-electron chi connectivity index (χ4n) is 2.41. The first-order chi connectivity index (χ1) is 12.8. The average molecular weight is 454 g/mol. The Morgan fingerprint density at radius 1 is 0.926 bits per heavy atom. The third kappa shape index (κ3) is 5.24. The molecule has 0 N–H and O–H groups in total. The number of benzene rings is 2. The number of halogens is 1. The minimum atomic E-state index is -3.59. The van der Waals surface area contributed by atoms with E-state index in [9.17, 15) is 18.0 Å². The average Bonchev–Trinajstić information content (AvgIpc) is 2.67. The lowest BCUT2D eigenvalue weighted by Crippen LogP contribution is -2.30. The molecule has 144 valence electrons. The van der Waals surface area contributed by atoms with E-state index >= 15 is 0 Å². The summed E-state index contributed by atoms with van der Waals surface area (Å²) in [5, 5.41) is 0. The molecule has 0 heterocycles. The molecule has 0 amide bonds. The minimum absolute atomic E-state index is 0.105. The summed E-state index contributed by atoms with van der Waals surface area (Å²) in [4.78, 5) is 24.2. The molecule has 0 saturated heterocycles. The maximum absolute atomic E-state index is 12.4. The Morgan fingerprint density at radius 3 is 1.96 bits per heavy atom. The molecule has 0 spiro atoms. The van der Waals surface area contributed by atoms with Gasteiger partial charge in [0.15, 0.2) is 12.4 Å². The highest BCUT2D eigenvalue weighted by Crippen LogP contribution is 2.17. The molecule has 0 aliphatic rings. The third-order valence-electron chi connectivity index (χ3n) is 3.93. The predicted octanol–water partition coefficient (Wildman–Crippen LogP) is 3.52. The Morgan fingerprint density at radius 2 is 1.44 bits per heavy atom. The Balaban J connectivity index is 2.03. The van der Waals surface area contributed by atoms with Crippen molar-refractivity contribution in [2.24, 2.45) is 0 Å². The van der Waals surface area contributed by atoms with E-state index in [0.717, 1.165) is 4.47 Å². The number of carbonyl (C=O) groups is 2. The molecule has 0 fully saturated rings. The van der Waals surface area contributed by atoms with Crippen LogP contribution in [0.15, 0.2) is 57.9 Å². The van der Waals surface area contributed by atoms with Gasteiger partial charge in [-0.2, -0.15) is 4.31 Å². The molecular weight excluding hydrogens is 434 g/mol. The Labute approximate surface area is 167 Å². The highest BCUT2D eigenvalue weighted by molar-refractivity contribution is 9.10. The molecular formula is C19H20BrNO5S. The molecule has 27 heavy (non-hydrogen) atoms. The fraction of sp³-hybridized carbons (Fsp3) is 0.263. The number of Topliss-reactive ketones (excluding diaryl/α,β-unsaturated/α-hetero) is 1. The van der Waals surface area contributed by atoms with Crippen LogP contribution in [-0.4, -0.2) is 44.2 Å². The van der Waals surface area contributed by atoms with Gasteiger partial charge in [0.05, 0.1) is 10.5 Å². The zero-order chi connectivity index (χ0) is 20.0. The number of ketones is 1. The first-order valence-electron chi connectivity index (χ1n) is 8.35. The van der Waals surface area contributed by atoms with Crippen molar-refractivity contribution in [3.63, 3.8) is 0 Å². The van der Waals surface area contributed by atoms with E-state index < -0.39 is 16.0 Å². The Bertz CT molecular complexity index is 904. The van der Waals surface area contributed by atoms with Crippen LogP contribution in [0.4, 0.5) is 0 Å². The fourth-order valence-corrected chi connectivity index (χ4v) is 4.13. The van der Waals surface area contributed by atoms with Crippen molar-refractivity contribution in [3.8, 4) is 0 Å². The normalized spacial score (nSPS) is 11.4. The maximum Gasteiger partial charge on any atom is 0.338 e. The van der Waals surface area contributed by atoms with Crippen molar-refractivity contribution >= 4 is 37.7 Å². The molecule has 0 aromatic heterocycles. The molecule has 6 nitrogen and oxygen atoms in total. The van der Waals surface area contributed by atoms with Crippen LogP contribution in [0, 0.1) is 0 Å². The lowest BCUT2D eigenvalue weighted by Gasteiger charge is -2.18. The van der Waals surface area contributed by atoms with Gasteiger partial charge in [-0.15, -0.1) is 0 Å². The number of hydrogen-bond donors (Lipinski definition) is 0. The summed E-state index contributed by atoms with van der Waals surface area (Å²) >= 11 is 3.28. The number of ether oxygens (including phenoxy) is 1. The van der Waals surface area contributed by atoms with Gasteiger partial charge < -0.3 is 4.74 Å². The summed E-state index contributed by atoms with van der Waals surface area (Å²) in [6, 6.07) is 12.2. The molecule has 2 aromatic carbocycles. The summed E-state index contributed by atoms with van der Waals surface area (Å²) in [6.45, 7) is 3.85. The standard InChI is InChI=1S/C19H20BrNO5S/c1-3-21(4-2)27(24,25)17-11-7-15(8-12-17)19(23)26-13-18(22)14-5-9-16(20)10-6-14/h5-12H,3-4,13H2,1-2H3. The van der Waals surface area contributed by atoms with Crippen molar-refractivity contribution in [1.82, 2.24) is 4.31 Å². The Kier molecular flexibility index (Phi) is 7.29. The predicted molar refractivity (Wildman–Crippen MR) is 105 cm³/mol. The van der Waals surface area contributed by atoms with Gasteiger partial charge in [-0.05, 0) is 36.4 Å². The van der Waals surface area contributed by atoms with Crippen LogP contribution < -0.4 is 0 Å². The van der Waals surface area contributed by atoms with Crippen LogP contribution in [0.5, 0.6) is 0 Å². The molecule has 2 aromatic rings. The topological polar surface area (TPSA) is 80.8 Å². The molecule has 0 aliphatic heterocycles. The highest BCUT2D eigenvalue weighted by atomic mass is 79.9. The van der Waals surface area contributed by atoms with E-state index in [0.29, 0.717) is 18.7 Å². The largest absolute Gasteiger partial charge is 0.454 e. The smallest absolute Gasteiger partial charge is 0.338 e. The number of hydrogen-bond acceptors (Lipinski definition) is 5. The number of nitrogens with zero attached hydrogens (tertiary/aromatic N) is 1. The van der Waals surface area contributed by atoms with E-state index in [2.05, 4.69) is 15.9 Å². The van der Waals surface area contributed by atoms with Gasteiger partial charge in [0, 0.05) is 23.1 Å². The van der Waals surface area contributed by atoms with Crippen molar-refractivity contribution in [2.75, 3.05) is 19.7 Å². The lowest BCUT2D eigenvalue weighted by atomic mass is 10.1. The summed E-state index contributed by atoms with van der Waals surface area (Å²) in [7, 11) is -3.59. The zero-order valence-corrected chi connectivity index (χ0v) is 17.4. The van der Waals surface area contributed by atoms with Crippen molar-refractivity contribution in [3.05, 3.63) is 64.1 Å². The number of esters is 1. The zero-order valence-electron chi connectivity index (χ0n) is 15.0. The monoisotopic (exact) mass is 453 g/mol. The summed E-state index contributed by atoms with van der Waals surface area (Å²) < 4.78 is 32.1. The van der Waals surface area contributed by atoms with Gasteiger partial charge in [-0.1, -0.05) is 41.9 Å². The molecule has 0 aliphatic carbocycles. The summed E-state index contributed by atoms with van der Waals surface area (Å²) in [6.07, 6.45) is 0. The van der Waals surface area contributed by atoms with Gasteiger partial charge in [-0.25, -0.2) is 13.2 Å². The second-order valence-electron chi connectivity index (χ2n) is 5.62. The van der Waals surface area contributed by atoms with E-state index in [4.69, 9.17) is 4.74 Å². The lowest BCUT2D eigenvalue weighted by molar-refractivity contribution is 0.0474. The van der Waals surface area contributed by atoms with E-state index in [1.165, 1.54) is 28.6 Å². The summed E-state index contributed by atoms with van der Waals surface area (Å²) in [5.41, 5.74) is 0.615. The van der Waals surface area contributed by atoms with Crippen LogP contribution in [0.25, 0.3) is 0 Å². The maximum atomic E-state index is 12.4. The number of sulfonamides is 1. The van der Waals surface area contributed by atoms with E-state index in [-0.39, 0.29) is 22.8 Å². The van der Waals surface area contributed by atoms with Gasteiger partial charge in [-0.3, -0.25) is 4.79 Å². The molecule has 0 atom stereocenters. The van der Waals surface area contributed by atoms with Gasteiger partial charge in [0.25, 0.3) is 0 Å². The second-order valence-corrected chi connectivity index (χ2v) is 8.47. The molecule has 8 heteroatoms. The molecule has 2 rings (SSSR count). The molecule has 0 radical (unpaired) electrons. The van der Waals surface area contributed by atoms with Crippen molar-refractivity contribution < 1.29 is 22.7 Å². The first-order valence-corrected chi connectivity index (χ1v) is 10.6. The molecule has 0 bridgehead atoms. The molecule has 0 saturated carbocycles. The van der Waals surface area contributed by atoms with Crippen LogP contribution in [0.1, 0.15) is 34.6 Å². The summed E-state index contributed by atoms with van der Waals surface area (Å²) in [5.74, 6) is -1.01. The van der Waals surface area contributed by atoms with Gasteiger partial charge in [0.2, 0.25) is 10.0 Å². The quantitative estimate of drug-likeness (QED) is 0.451. The van der Waals surface area contributed by atoms with Crippen LogP contribution in [0.3, 0.4) is 0 Å². The minimum Gasteiger partial charge on any atom is -0.454 e. The van der Waals surface area contributed by atoms with E-state index in [1.54, 1.807) is 38.1 Å². The van der Waals surface area contributed by atoms with Gasteiger partial charge >= 0.3 is 5.97 Å². The molecule has 0 unspecified atom stereocenters. The number of carbonyl (C=O) groups excluding carboxylic acids is 2. The van der Waals surface area contributed by atoms with Crippen LogP contribution in [0.2, 0.25) is 0 Å². The van der Waals surface area contributed by atoms with Crippen molar-refractivity contribution in [2.45, 2.75) is 18.7 Å². The Hall–Kier alpha value is -2.03. The SMILES string of the molecule is CCN(CC)S(=O)(=O)c1ccc(C(=O)OCC(=O)c2ccc(Br)cc2)cc1. The van der Waals surface area contributed by atoms with Gasteiger partial charge in [0.1, 0.15) is 0 Å². The third-order valence-corrected chi connectivity index (χ3v) is 6.53. The second kappa shape index (κ2) is 9.25. The van der Waals surface area contributed by atoms with Crippen LogP contribution in [-0.2, 0) is 14.8 Å². The number of rotatable bonds is 8. The van der Waals surface area contributed by atoms with Crippen molar-refractivity contribution in [1.29, 1.82) is 0 Å². The highest BCUT2D eigenvalue weighted by Gasteiger charge is 2.22.